The molecule has 0 unspecified atom stereocenters. The maximum Gasteiger partial charge on any atom is 0.264 e. The molecule has 0 spiro atoms. The second kappa shape index (κ2) is 5.35. The predicted octanol–water partition coefficient (Wildman–Crippen LogP) is 2.09. The molecule has 0 heterocycles. The summed E-state index contributed by atoms with van der Waals surface area (Å²) in [6.07, 6.45) is 2.00. The molecule has 18 heavy (non-hydrogen) atoms. The first kappa shape index (κ1) is 14.4. The number of amides is 1. The van der Waals surface area contributed by atoms with Crippen molar-refractivity contribution in [2.24, 2.45) is 5.41 Å². The minimum Gasteiger partial charge on any atom is -0.273 e. The summed E-state index contributed by atoms with van der Waals surface area (Å²) in [6, 6.07) is 7.80. The van der Waals surface area contributed by atoms with E-state index < -0.39 is 21.3 Å². The molecule has 0 aromatic heterocycles. The second-order valence-corrected chi connectivity index (χ2v) is 6.31. The molecule has 1 aromatic carbocycles. The Labute approximate surface area is 108 Å². The van der Waals surface area contributed by atoms with E-state index in [-0.39, 0.29) is 4.90 Å². The van der Waals surface area contributed by atoms with Crippen LogP contribution in [0.5, 0.6) is 0 Å². The first-order valence-corrected chi connectivity index (χ1v) is 7.01. The van der Waals surface area contributed by atoms with E-state index in [1.165, 1.54) is 12.1 Å². The fourth-order valence-corrected chi connectivity index (χ4v) is 2.53. The Morgan fingerprint density at radius 2 is 1.89 bits per heavy atom. The van der Waals surface area contributed by atoms with Crippen LogP contribution in [0, 0.1) is 5.41 Å². The number of sulfonamides is 1. The van der Waals surface area contributed by atoms with Gasteiger partial charge in [-0.1, -0.05) is 38.1 Å². The zero-order valence-electron chi connectivity index (χ0n) is 10.5. The van der Waals surface area contributed by atoms with Gasteiger partial charge in [0.1, 0.15) is 0 Å². The molecule has 5 heteroatoms. The molecule has 0 radical (unpaired) electrons. The van der Waals surface area contributed by atoms with E-state index in [0.717, 1.165) is 0 Å². The highest BCUT2D eigenvalue weighted by molar-refractivity contribution is 7.90. The van der Waals surface area contributed by atoms with Gasteiger partial charge in [-0.05, 0) is 18.6 Å². The molecule has 0 aliphatic rings. The first-order chi connectivity index (χ1) is 8.29. The Kier molecular flexibility index (Phi) is 4.29. The molecule has 0 saturated heterocycles. The van der Waals surface area contributed by atoms with Crippen molar-refractivity contribution in [3.8, 4) is 0 Å². The smallest absolute Gasteiger partial charge is 0.264 e. The number of allylic oxidation sites excluding steroid dienone is 1. The van der Waals surface area contributed by atoms with Crippen LogP contribution in [-0.4, -0.2) is 14.3 Å². The van der Waals surface area contributed by atoms with Gasteiger partial charge < -0.3 is 0 Å². The Bertz CT molecular complexity index is 533. The van der Waals surface area contributed by atoms with Crippen molar-refractivity contribution >= 4 is 15.9 Å². The molecule has 1 amide bonds. The van der Waals surface area contributed by atoms with Gasteiger partial charge in [0.05, 0.1) is 4.90 Å². The van der Waals surface area contributed by atoms with Gasteiger partial charge in [-0.25, -0.2) is 13.1 Å². The molecule has 0 bridgehead atoms. The average molecular weight is 267 g/mol. The lowest BCUT2D eigenvalue weighted by molar-refractivity contribution is -0.127. The fraction of sp³-hybridized carbons (Fsp3) is 0.308. The van der Waals surface area contributed by atoms with Crippen LogP contribution in [0.15, 0.2) is 47.9 Å². The lowest BCUT2D eigenvalue weighted by Crippen LogP contribution is -2.40. The van der Waals surface area contributed by atoms with Crippen LogP contribution in [0.3, 0.4) is 0 Å². The van der Waals surface area contributed by atoms with Gasteiger partial charge in [-0.2, -0.15) is 0 Å². The summed E-state index contributed by atoms with van der Waals surface area (Å²) in [5.41, 5.74) is -0.802. The van der Waals surface area contributed by atoms with Crippen LogP contribution in [0.2, 0.25) is 0 Å². The maximum absolute atomic E-state index is 11.9. The highest BCUT2D eigenvalue weighted by Gasteiger charge is 2.30. The van der Waals surface area contributed by atoms with Crippen molar-refractivity contribution in [3.05, 3.63) is 43.0 Å². The van der Waals surface area contributed by atoms with Crippen molar-refractivity contribution in [2.75, 3.05) is 0 Å². The molecule has 98 valence electrons. The Morgan fingerprint density at radius 1 is 1.33 bits per heavy atom. The third-order valence-electron chi connectivity index (χ3n) is 2.55. The number of carbonyl (C=O) groups is 1. The van der Waals surface area contributed by atoms with Crippen LogP contribution >= 0.6 is 0 Å². The van der Waals surface area contributed by atoms with Crippen molar-refractivity contribution < 1.29 is 13.2 Å². The molecule has 0 fully saturated rings. The lowest BCUT2D eigenvalue weighted by Gasteiger charge is -2.21. The summed E-state index contributed by atoms with van der Waals surface area (Å²) in [5.74, 6) is -0.536. The number of nitrogens with one attached hydrogen (secondary N) is 1. The van der Waals surface area contributed by atoms with Gasteiger partial charge in [0.2, 0.25) is 5.91 Å². The largest absolute Gasteiger partial charge is 0.273 e. The summed E-state index contributed by atoms with van der Waals surface area (Å²) in [6.45, 7) is 6.90. The highest BCUT2D eigenvalue weighted by Crippen LogP contribution is 2.21. The summed E-state index contributed by atoms with van der Waals surface area (Å²) in [7, 11) is -3.79. The summed E-state index contributed by atoms with van der Waals surface area (Å²) in [5, 5.41) is 0. The SMILES string of the molecule is C=CCC(C)(C)C(=O)NS(=O)(=O)c1ccccc1. The molecule has 1 aromatic rings. The van der Waals surface area contributed by atoms with Gasteiger partial charge >= 0.3 is 0 Å². The van der Waals surface area contributed by atoms with E-state index in [1.54, 1.807) is 38.1 Å². The summed E-state index contributed by atoms with van der Waals surface area (Å²) >= 11 is 0. The quantitative estimate of drug-likeness (QED) is 0.831. The van der Waals surface area contributed by atoms with Gasteiger partial charge in [0.25, 0.3) is 10.0 Å². The maximum atomic E-state index is 11.9. The minimum atomic E-state index is -3.79. The molecular weight excluding hydrogens is 250 g/mol. The van der Waals surface area contributed by atoms with Crippen LogP contribution in [0.1, 0.15) is 20.3 Å². The number of carbonyl (C=O) groups excluding carboxylic acids is 1. The average Bonchev–Trinajstić information content (AvgIpc) is 2.29. The third kappa shape index (κ3) is 3.43. The lowest BCUT2D eigenvalue weighted by atomic mass is 9.89. The summed E-state index contributed by atoms with van der Waals surface area (Å²) in [4.78, 5) is 12.0. The van der Waals surface area contributed by atoms with Crippen LogP contribution in [-0.2, 0) is 14.8 Å². The molecular formula is C13H17NO3S. The normalized spacial score (nSPS) is 11.9. The van der Waals surface area contributed by atoms with E-state index in [1.807, 2.05) is 0 Å². The molecule has 0 aliphatic carbocycles. The standard InChI is InChI=1S/C13H17NO3S/c1-4-10-13(2,3)12(15)14-18(16,17)11-8-6-5-7-9-11/h4-9H,1,10H2,2-3H3,(H,14,15). The third-order valence-corrected chi connectivity index (χ3v) is 3.90. The van der Waals surface area contributed by atoms with Gasteiger partial charge in [-0.3, -0.25) is 4.79 Å². The van der Waals surface area contributed by atoms with Crippen LogP contribution in [0.4, 0.5) is 0 Å². The second-order valence-electron chi connectivity index (χ2n) is 4.62. The minimum absolute atomic E-state index is 0.0766. The Morgan fingerprint density at radius 3 is 2.39 bits per heavy atom. The van der Waals surface area contributed by atoms with E-state index >= 15 is 0 Å². The predicted molar refractivity (Wildman–Crippen MR) is 70.4 cm³/mol. The number of rotatable bonds is 5. The van der Waals surface area contributed by atoms with Crippen molar-refractivity contribution in [1.29, 1.82) is 0 Å². The summed E-state index contributed by atoms with van der Waals surface area (Å²) < 4.78 is 26.0. The highest BCUT2D eigenvalue weighted by atomic mass is 32.2. The molecule has 0 aliphatic heterocycles. The van der Waals surface area contributed by atoms with Crippen molar-refractivity contribution in [2.45, 2.75) is 25.2 Å². The Hall–Kier alpha value is -1.62. The first-order valence-electron chi connectivity index (χ1n) is 5.53. The van der Waals surface area contributed by atoms with Crippen molar-refractivity contribution in [1.82, 2.24) is 4.72 Å². The van der Waals surface area contributed by atoms with Gasteiger partial charge in [0.15, 0.2) is 0 Å². The number of hydrogen-bond donors (Lipinski definition) is 1. The molecule has 4 nitrogen and oxygen atoms in total. The van der Waals surface area contributed by atoms with Crippen LogP contribution in [0.25, 0.3) is 0 Å². The van der Waals surface area contributed by atoms with Gasteiger partial charge in [-0.15, -0.1) is 6.58 Å². The van der Waals surface area contributed by atoms with E-state index in [9.17, 15) is 13.2 Å². The van der Waals surface area contributed by atoms with E-state index in [0.29, 0.717) is 6.42 Å². The Balaban J connectivity index is 2.92. The number of benzene rings is 1. The molecule has 1 N–H and O–H groups in total. The van der Waals surface area contributed by atoms with E-state index in [2.05, 4.69) is 11.3 Å². The number of hydrogen-bond acceptors (Lipinski definition) is 3. The topological polar surface area (TPSA) is 63.2 Å². The van der Waals surface area contributed by atoms with E-state index in [4.69, 9.17) is 0 Å². The van der Waals surface area contributed by atoms with Crippen molar-refractivity contribution in [3.63, 3.8) is 0 Å². The molecule has 0 saturated carbocycles. The zero-order chi connectivity index (χ0) is 13.8. The van der Waals surface area contributed by atoms with Crippen LogP contribution < -0.4 is 4.72 Å². The van der Waals surface area contributed by atoms with Gasteiger partial charge in [0, 0.05) is 5.41 Å². The molecule has 1 rings (SSSR count). The fourth-order valence-electron chi connectivity index (χ4n) is 1.37. The monoisotopic (exact) mass is 267 g/mol. The zero-order valence-corrected chi connectivity index (χ0v) is 11.3. The molecule has 0 atom stereocenters.